The normalized spacial score (nSPS) is 19.0. The molecule has 1 saturated carbocycles. The van der Waals surface area contributed by atoms with Gasteiger partial charge in [-0.2, -0.15) is 17.8 Å². The van der Waals surface area contributed by atoms with Crippen LogP contribution in [0.25, 0.3) is 33.8 Å². The molecule has 0 bridgehead atoms. The van der Waals surface area contributed by atoms with Gasteiger partial charge in [0.15, 0.2) is 0 Å². The van der Waals surface area contributed by atoms with E-state index in [2.05, 4.69) is 38.5 Å². The Bertz CT molecular complexity index is 2200. The van der Waals surface area contributed by atoms with Gasteiger partial charge in [0.1, 0.15) is 5.75 Å². The van der Waals surface area contributed by atoms with Gasteiger partial charge < -0.3 is 23.8 Å². The number of aromatic nitrogens is 3. The number of nitrogens with one attached hydrogen (secondary N) is 1. The topological polar surface area (TPSA) is 131 Å². The molecule has 2 aromatic heterocycles. The van der Waals surface area contributed by atoms with E-state index in [1.54, 1.807) is 24.1 Å². The minimum absolute atomic E-state index is 0.0434. The predicted octanol–water partition coefficient (Wildman–Crippen LogP) is 4.35. The smallest absolute Gasteiger partial charge is 0.304 e. The van der Waals surface area contributed by atoms with Crippen molar-refractivity contribution in [1.29, 1.82) is 0 Å². The summed E-state index contributed by atoms with van der Waals surface area (Å²) in [6, 6.07) is 11.7. The fourth-order valence-electron chi connectivity index (χ4n) is 8.51. The molecule has 2 aromatic carbocycles. The molecule has 1 aliphatic carbocycles. The van der Waals surface area contributed by atoms with E-state index in [0.29, 0.717) is 31.1 Å². The number of likely N-dealkylation sites (N-methyl/N-ethyl adjacent to an activating group) is 1. The number of benzene rings is 2. The Morgan fingerprint density at radius 1 is 0.925 bits per heavy atom. The molecule has 0 spiro atoms. The Balaban J connectivity index is 1.28. The third-order valence-corrected chi connectivity index (χ3v) is 12.8. The Labute approximate surface area is 310 Å². The molecular formula is C39H47N7O6S. The highest BCUT2D eigenvalue weighted by Crippen LogP contribution is 2.48. The number of aryl methyl sites for hydroxylation is 1. The van der Waals surface area contributed by atoms with Gasteiger partial charge in [0, 0.05) is 68.3 Å². The van der Waals surface area contributed by atoms with E-state index in [0.717, 1.165) is 83.5 Å². The van der Waals surface area contributed by atoms with E-state index in [1.165, 1.54) is 16.3 Å². The predicted molar refractivity (Wildman–Crippen MR) is 203 cm³/mol. The van der Waals surface area contributed by atoms with Gasteiger partial charge >= 0.3 is 10.2 Å². The van der Waals surface area contributed by atoms with Crippen molar-refractivity contribution in [2.24, 2.45) is 7.05 Å². The standard InChI is InChI=1S/C39H47N7O6S/c1-42-13-15-44(16-14-42)39(48)33-24-40-43(2)36(33)29-21-28-22-30(51-3)10-12-31(28)37-35(26-7-5-4-6-8-26)32-11-9-27(23-34(32)46(37)25-29)38(47)41-53(49,50)45-17-19-52-20-18-45/h9-12,21-24,26H,4-8,13-20,25H2,1-3H3,(H,41,47). The molecule has 0 radical (unpaired) electrons. The lowest BCUT2D eigenvalue weighted by Gasteiger charge is -2.32. The first-order valence-corrected chi connectivity index (χ1v) is 20.0. The average Bonchev–Trinajstić information content (AvgIpc) is 3.66. The second-order valence-electron chi connectivity index (χ2n) is 14.6. The highest BCUT2D eigenvalue weighted by molar-refractivity contribution is 7.87. The molecule has 13 nitrogen and oxygen atoms in total. The number of hydrogen-bond donors (Lipinski definition) is 1. The number of carbonyl (C=O) groups excluding carboxylic acids is 2. The van der Waals surface area contributed by atoms with Crippen molar-refractivity contribution in [2.45, 2.75) is 44.6 Å². The molecule has 4 aromatic rings. The molecule has 1 N–H and O–H groups in total. The highest BCUT2D eigenvalue weighted by atomic mass is 32.2. The van der Waals surface area contributed by atoms with Crippen molar-refractivity contribution in [3.63, 3.8) is 0 Å². The number of amides is 2. The van der Waals surface area contributed by atoms with Gasteiger partial charge in [-0.3, -0.25) is 14.3 Å². The van der Waals surface area contributed by atoms with Crippen molar-refractivity contribution in [3.05, 3.63) is 70.5 Å². The number of nitrogens with zero attached hydrogens (tertiary/aromatic N) is 6. The third-order valence-electron chi connectivity index (χ3n) is 11.3. The number of rotatable bonds is 7. The summed E-state index contributed by atoms with van der Waals surface area (Å²) in [6.45, 7) is 4.24. The molecule has 2 saturated heterocycles. The first kappa shape index (κ1) is 35.5. The van der Waals surface area contributed by atoms with Crippen LogP contribution in [0.2, 0.25) is 0 Å². The van der Waals surface area contributed by atoms with Crippen LogP contribution in [-0.4, -0.2) is 115 Å². The monoisotopic (exact) mass is 741 g/mol. The van der Waals surface area contributed by atoms with E-state index >= 15 is 0 Å². The van der Waals surface area contributed by atoms with E-state index in [1.807, 2.05) is 36.2 Å². The zero-order chi connectivity index (χ0) is 36.9. The number of methoxy groups -OCH3 is 1. The van der Waals surface area contributed by atoms with Crippen LogP contribution in [0.15, 0.2) is 42.6 Å². The lowest BCUT2D eigenvalue weighted by atomic mass is 9.81. The van der Waals surface area contributed by atoms with Gasteiger partial charge in [-0.1, -0.05) is 25.3 Å². The molecule has 3 aliphatic heterocycles. The summed E-state index contributed by atoms with van der Waals surface area (Å²) >= 11 is 0. The lowest BCUT2D eigenvalue weighted by molar-refractivity contribution is 0.0663. The maximum atomic E-state index is 14.1. The van der Waals surface area contributed by atoms with E-state index in [9.17, 15) is 18.0 Å². The molecular weight excluding hydrogens is 695 g/mol. The maximum Gasteiger partial charge on any atom is 0.304 e. The SMILES string of the molecule is COc1ccc2c(c1)C=C(c1c(C(=O)N3CCN(C)CC3)cnn1C)Cn1c-2c(C2CCCCC2)c2ccc(C(=O)NS(=O)(=O)N3CCOCC3)cc21. The second-order valence-corrected chi connectivity index (χ2v) is 16.3. The van der Waals surface area contributed by atoms with Crippen molar-refractivity contribution < 1.29 is 27.5 Å². The molecule has 3 fully saturated rings. The molecule has 280 valence electrons. The van der Waals surface area contributed by atoms with Crippen LogP contribution in [0, 0.1) is 0 Å². The minimum Gasteiger partial charge on any atom is -0.497 e. The largest absolute Gasteiger partial charge is 0.497 e. The fraction of sp³-hybridized carbons (Fsp3) is 0.462. The van der Waals surface area contributed by atoms with Crippen LogP contribution in [0.4, 0.5) is 0 Å². The summed E-state index contributed by atoms with van der Waals surface area (Å²) in [5, 5.41) is 5.65. The van der Waals surface area contributed by atoms with Crippen LogP contribution in [0.1, 0.15) is 75.6 Å². The number of fused-ring (bicyclic) bond motifs is 5. The number of piperazine rings is 1. The minimum atomic E-state index is -4.06. The van der Waals surface area contributed by atoms with Gasteiger partial charge in [0.2, 0.25) is 0 Å². The van der Waals surface area contributed by atoms with Gasteiger partial charge in [-0.05, 0) is 78.9 Å². The number of carbonyl (C=O) groups is 2. The molecule has 8 rings (SSSR count). The first-order chi connectivity index (χ1) is 25.6. The fourth-order valence-corrected chi connectivity index (χ4v) is 9.62. The van der Waals surface area contributed by atoms with Crippen molar-refractivity contribution in [3.8, 4) is 17.0 Å². The molecule has 53 heavy (non-hydrogen) atoms. The van der Waals surface area contributed by atoms with E-state index in [4.69, 9.17) is 9.47 Å². The maximum absolute atomic E-state index is 14.1. The Hall–Kier alpha value is -4.50. The second kappa shape index (κ2) is 14.4. The first-order valence-electron chi connectivity index (χ1n) is 18.6. The molecule has 0 unspecified atom stereocenters. The van der Waals surface area contributed by atoms with Crippen LogP contribution >= 0.6 is 0 Å². The van der Waals surface area contributed by atoms with Gasteiger partial charge in [0.05, 0.1) is 50.0 Å². The molecule has 5 heterocycles. The van der Waals surface area contributed by atoms with Crippen LogP contribution in [-0.2, 0) is 28.5 Å². The number of hydrogen-bond acceptors (Lipinski definition) is 8. The van der Waals surface area contributed by atoms with Gasteiger partial charge in [-0.15, -0.1) is 0 Å². The Morgan fingerprint density at radius 3 is 2.42 bits per heavy atom. The van der Waals surface area contributed by atoms with Crippen LogP contribution < -0.4 is 9.46 Å². The van der Waals surface area contributed by atoms with Crippen molar-refractivity contribution >= 4 is 44.6 Å². The lowest BCUT2D eigenvalue weighted by Crippen LogP contribution is -2.48. The zero-order valence-corrected chi connectivity index (χ0v) is 31.5. The Morgan fingerprint density at radius 2 is 1.68 bits per heavy atom. The summed E-state index contributed by atoms with van der Waals surface area (Å²) in [6.07, 6.45) is 9.42. The van der Waals surface area contributed by atoms with Crippen molar-refractivity contribution in [1.82, 2.24) is 33.2 Å². The summed E-state index contributed by atoms with van der Waals surface area (Å²) in [7, 11) is 1.54. The van der Waals surface area contributed by atoms with Crippen molar-refractivity contribution in [2.75, 3.05) is 66.6 Å². The molecule has 14 heteroatoms. The zero-order valence-electron chi connectivity index (χ0n) is 30.6. The summed E-state index contributed by atoms with van der Waals surface area (Å²) in [4.78, 5) is 32.0. The van der Waals surface area contributed by atoms with E-state index < -0.39 is 16.1 Å². The highest BCUT2D eigenvalue weighted by Gasteiger charge is 2.33. The number of morpholine rings is 1. The average molecular weight is 742 g/mol. The summed E-state index contributed by atoms with van der Waals surface area (Å²) < 4.78 is 45.0. The van der Waals surface area contributed by atoms with Gasteiger partial charge in [-0.25, -0.2) is 4.72 Å². The molecule has 0 atom stereocenters. The summed E-state index contributed by atoms with van der Waals surface area (Å²) in [5.74, 6) is 0.307. The quantitative estimate of drug-likeness (QED) is 0.296. The Kier molecular flexibility index (Phi) is 9.64. The van der Waals surface area contributed by atoms with Crippen LogP contribution in [0.3, 0.4) is 0 Å². The third kappa shape index (κ3) is 6.66. The molecule has 2 amide bonds. The summed E-state index contributed by atoms with van der Waals surface area (Å²) in [5.41, 5.74) is 7.58. The number of allylic oxidation sites excluding steroid dienone is 1. The molecule has 4 aliphatic rings. The van der Waals surface area contributed by atoms with Gasteiger partial charge in [0.25, 0.3) is 11.8 Å². The van der Waals surface area contributed by atoms with E-state index in [-0.39, 0.29) is 37.8 Å². The van der Waals surface area contributed by atoms with Crippen LogP contribution in [0.5, 0.6) is 5.75 Å². The number of ether oxygens (including phenoxy) is 2.